The smallest absolute Gasteiger partial charge is 0.224 e. The number of rotatable bonds is 9. The lowest BCUT2D eigenvalue weighted by molar-refractivity contribution is -0.121. The van der Waals surface area contributed by atoms with Crippen molar-refractivity contribution in [3.05, 3.63) is 59.9 Å². The molecule has 174 valence electrons. The van der Waals surface area contributed by atoms with Crippen LogP contribution in [0.25, 0.3) is 11.3 Å². The van der Waals surface area contributed by atoms with E-state index >= 15 is 0 Å². The number of carbonyl (C=O) groups excluding carboxylic acids is 1. The molecule has 33 heavy (non-hydrogen) atoms. The van der Waals surface area contributed by atoms with Crippen molar-refractivity contribution in [2.45, 2.75) is 32.7 Å². The molecular weight excluding hydrogens is 423 g/mol. The molecule has 3 aromatic rings. The van der Waals surface area contributed by atoms with Gasteiger partial charge in [-0.05, 0) is 67.8 Å². The zero-order chi connectivity index (χ0) is 23.2. The van der Waals surface area contributed by atoms with Crippen LogP contribution in [0.3, 0.4) is 0 Å². The third-order valence-corrected chi connectivity index (χ3v) is 5.57. The SMILES string of the molecule is CCOc1ccc(CC(=O)N[C@H]2CCN(c3cc(-c4ccc(F)cc4)[nH]n3)C2)cc1OCC. The molecule has 2 aromatic carbocycles. The van der Waals surface area contributed by atoms with Crippen molar-refractivity contribution in [3.63, 3.8) is 0 Å². The monoisotopic (exact) mass is 452 g/mol. The molecule has 1 fully saturated rings. The molecule has 0 radical (unpaired) electrons. The maximum Gasteiger partial charge on any atom is 0.224 e. The van der Waals surface area contributed by atoms with Crippen molar-refractivity contribution >= 4 is 11.7 Å². The van der Waals surface area contributed by atoms with Crippen LogP contribution in [0.4, 0.5) is 10.2 Å². The highest BCUT2D eigenvalue weighted by Crippen LogP contribution is 2.29. The molecule has 0 unspecified atom stereocenters. The number of ether oxygens (including phenoxy) is 2. The van der Waals surface area contributed by atoms with E-state index < -0.39 is 0 Å². The first-order valence-electron chi connectivity index (χ1n) is 11.3. The van der Waals surface area contributed by atoms with Crippen LogP contribution >= 0.6 is 0 Å². The van der Waals surface area contributed by atoms with Crippen LogP contribution in [0.15, 0.2) is 48.5 Å². The van der Waals surface area contributed by atoms with Crippen molar-refractivity contribution < 1.29 is 18.7 Å². The molecule has 1 aliphatic rings. The lowest BCUT2D eigenvalue weighted by atomic mass is 10.1. The van der Waals surface area contributed by atoms with Crippen molar-refractivity contribution in [2.24, 2.45) is 0 Å². The molecule has 4 rings (SSSR count). The molecule has 1 saturated heterocycles. The molecular formula is C25H29FN4O3. The van der Waals surface area contributed by atoms with Crippen LogP contribution in [0.5, 0.6) is 11.5 Å². The Bertz CT molecular complexity index is 1080. The van der Waals surface area contributed by atoms with E-state index in [-0.39, 0.29) is 24.2 Å². The number of nitrogens with zero attached hydrogens (tertiary/aromatic N) is 2. The van der Waals surface area contributed by atoms with E-state index in [0.29, 0.717) is 31.3 Å². The fourth-order valence-corrected chi connectivity index (χ4v) is 4.01. The van der Waals surface area contributed by atoms with Gasteiger partial charge in [0.05, 0.1) is 25.3 Å². The molecule has 1 aliphatic heterocycles. The van der Waals surface area contributed by atoms with E-state index in [1.807, 2.05) is 38.1 Å². The van der Waals surface area contributed by atoms with Crippen LogP contribution in [-0.2, 0) is 11.2 Å². The fraction of sp³-hybridized carbons (Fsp3) is 0.360. The third-order valence-electron chi connectivity index (χ3n) is 5.57. The second-order valence-corrected chi connectivity index (χ2v) is 7.97. The van der Waals surface area contributed by atoms with Gasteiger partial charge in [-0.3, -0.25) is 9.89 Å². The lowest BCUT2D eigenvalue weighted by Crippen LogP contribution is -2.38. The normalized spacial score (nSPS) is 15.5. The zero-order valence-electron chi connectivity index (χ0n) is 18.9. The summed E-state index contributed by atoms with van der Waals surface area (Å²) in [5, 5.41) is 10.5. The number of anilines is 1. The maximum absolute atomic E-state index is 13.2. The number of amides is 1. The average molecular weight is 453 g/mol. The van der Waals surface area contributed by atoms with Gasteiger partial charge in [-0.15, -0.1) is 0 Å². The number of hydrogen-bond acceptors (Lipinski definition) is 5. The van der Waals surface area contributed by atoms with E-state index in [1.54, 1.807) is 12.1 Å². The van der Waals surface area contributed by atoms with Gasteiger partial charge in [0.15, 0.2) is 17.3 Å². The fourth-order valence-electron chi connectivity index (χ4n) is 4.01. The van der Waals surface area contributed by atoms with Crippen LogP contribution in [0.1, 0.15) is 25.8 Å². The summed E-state index contributed by atoms with van der Waals surface area (Å²) >= 11 is 0. The van der Waals surface area contributed by atoms with Gasteiger partial charge in [0, 0.05) is 25.2 Å². The van der Waals surface area contributed by atoms with Gasteiger partial charge in [0.25, 0.3) is 0 Å². The zero-order valence-corrected chi connectivity index (χ0v) is 18.9. The van der Waals surface area contributed by atoms with E-state index in [2.05, 4.69) is 20.4 Å². The quantitative estimate of drug-likeness (QED) is 0.514. The van der Waals surface area contributed by atoms with E-state index in [9.17, 15) is 9.18 Å². The number of H-pyrrole nitrogens is 1. The molecule has 0 spiro atoms. The van der Waals surface area contributed by atoms with Crippen molar-refractivity contribution in [2.75, 3.05) is 31.2 Å². The van der Waals surface area contributed by atoms with Crippen molar-refractivity contribution in [1.29, 1.82) is 0 Å². The Balaban J connectivity index is 1.32. The van der Waals surface area contributed by atoms with Gasteiger partial charge in [0.1, 0.15) is 5.82 Å². The van der Waals surface area contributed by atoms with E-state index in [0.717, 1.165) is 35.6 Å². The molecule has 1 amide bonds. The minimum absolute atomic E-state index is 0.0255. The number of aromatic amines is 1. The summed E-state index contributed by atoms with van der Waals surface area (Å²) in [6, 6.07) is 13.9. The van der Waals surface area contributed by atoms with Gasteiger partial charge in [-0.1, -0.05) is 6.07 Å². The molecule has 0 bridgehead atoms. The van der Waals surface area contributed by atoms with Crippen molar-refractivity contribution in [1.82, 2.24) is 15.5 Å². The van der Waals surface area contributed by atoms with E-state index in [4.69, 9.17) is 9.47 Å². The standard InChI is InChI=1S/C25H29FN4O3/c1-3-32-22-10-5-17(13-23(22)33-4-2)14-25(31)27-20-11-12-30(16-20)24-15-21(28-29-24)18-6-8-19(26)9-7-18/h5-10,13,15,20H,3-4,11-12,14,16H2,1-2H3,(H,27,31)(H,28,29)/t20-/m0/s1. The van der Waals surface area contributed by atoms with Crippen LogP contribution < -0.4 is 19.7 Å². The largest absolute Gasteiger partial charge is 0.490 e. The number of carbonyl (C=O) groups is 1. The first-order valence-corrected chi connectivity index (χ1v) is 11.3. The summed E-state index contributed by atoms with van der Waals surface area (Å²) in [6.45, 7) is 6.42. The first kappa shape index (κ1) is 22.6. The number of hydrogen-bond donors (Lipinski definition) is 2. The number of benzene rings is 2. The van der Waals surface area contributed by atoms with Crippen LogP contribution in [-0.4, -0.2) is 48.4 Å². The van der Waals surface area contributed by atoms with Crippen LogP contribution in [0.2, 0.25) is 0 Å². The summed E-state index contributed by atoms with van der Waals surface area (Å²) in [5.41, 5.74) is 2.59. The average Bonchev–Trinajstić information content (AvgIpc) is 3.46. The number of aromatic nitrogens is 2. The maximum atomic E-state index is 13.2. The van der Waals surface area contributed by atoms with E-state index in [1.165, 1.54) is 12.1 Å². The van der Waals surface area contributed by atoms with Gasteiger partial charge >= 0.3 is 0 Å². The summed E-state index contributed by atoms with van der Waals surface area (Å²) in [6.07, 6.45) is 1.12. The number of halogens is 1. The highest BCUT2D eigenvalue weighted by molar-refractivity contribution is 5.79. The van der Waals surface area contributed by atoms with Gasteiger partial charge in [-0.2, -0.15) is 5.10 Å². The predicted molar refractivity (Wildman–Crippen MR) is 125 cm³/mol. The summed E-state index contributed by atoms with van der Waals surface area (Å²) in [4.78, 5) is 14.8. The summed E-state index contributed by atoms with van der Waals surface area (Å²) in [7, 11) is 0. The van der Waals surface area contributed by atoms with Crippen molar-refractivity contribution in [3.8, 4) is 22.8 Å². The molecule has 2 N–H and O–H groups in total. The number of nitrogens with one attached hydrogen (secondary N) is 2. The Hall–Kier alpha value is -3.55. The van der Waals surface area contributed by atoms with Gasteiger partial charge < -0.3 is 19.7 Å². The molecule has 1 atom stereocenters. The van der Waals surface area contributed by atoms with Gasteiger partial charge in [-0.25, -0.2) is 4.39 Å². The Morgan fingerprint density at radius 1 is 1.12 bits per heavy atom. The second kappa shape index (κ2) is 10.4. The van der Waals surface area contributed by atoms with Gasteiger partial charge in [0.2, 0.25) is 5.91 Å². The Morgan fingerprint density at radius 2 is 1.88 bits per heavy atom. The van der Waals surface area contributed by atoms with Crippen LogP contribution in [0, 0.1) is 5.82 Å². The Morgan fingerprint density at radius 3 is 2.64 bits per heavy atom. The highest BCUT2D eigenvalue weighted by atomic mass is 19.1. The second-order valence-electron chi connectivity index (χ2n) is 7.97. The lowest BCUT2D eigenvalue weighted by Gasteiger charge is -2.16. The molecule has 8 heteroatoms. The Labute approximate surface area is 192 Å². The minimum Gasteiger partial charge on any atom is -0.490 e. The predicted octanol–water partition coefficient (Wildman–Crippen LogP) is 3.95. The summed E-state index contributed by atoms with van der Waals surface area (Å²) in [5.74, 6) is 1.87. The molecule has 7 nitrogen and oxygen atoms in total. The molecule has 1 aromatic heterocycles. The highest BCUT2D eigenvalue weighted by Gasteiger charge is 2.26. The molecule has 0 aliphatic carbocycles. The first-order chi connectivity index (χ1) is 16.1. The summed E-state index contributed by atoms with van der Waals surface area (Å²) < 4.78 is 24.4. The minimum atomic E-state index is -0.268. The molecule has 2 heterocycles. The molecule has 0 saturated carbocycles. The Kier molecular flexibility index (Phi) is 7.12. The topological polar surface area (TPSA) is 79.5 Å². The third kappa shape index (κ3) is 5.63.